The molecular formula is C21H25N2O+. The van der Waals surface area contributed by atoms with E-state index in [0.29, 0.717) is 5.92 Å². The number of quaternary nitrogens is 1. The van der Waals surface area contributed by atoms with E-state index < -0.39 is 0 Å². The predicted molar refractivity (Wildman–Crippen MR) is 98.0 cm³/mol. The highest BCUT2D eigenvalue weighted by Gasteiger charge is 2.27. The SMILES string of the molecule is CC(C)[C@@H]([NH2+][C@H](C)C(=O)c1c[nH]c2ccccc12)c1ccccc1. The number of para-hydroxylation sites is 1. The summed E-state index contributed by atoms with van der Waals surface area (Å²) in [7, 11) is 0. The summed E-state index contributed by atoms with van der Waals surface area (Å²) in [4.78, 5) is 16.2. The third-order valence-corrected chi connectivity index (χ3v) is 4.67. The lowest BCUT2D eigenvalue weighted by atomic mass is 9.94. The minimum absolute atomic E-state index is 0.128. The first-order valence-electron chi connectivity index (χ1n) is 8.58. The number of aromatic amines is 1. The normalized spacial score (nSPS) is 14.0. The van der Waals surface area contributed by atoms with Crippen molar-refractivity contribution in [2.75, 3.05) is 0 Å². The molecule has 3 N–H and O–H groups in total. The zero-order valence-electron chi connectivity index (χ0n) is 14.5. The Morgan fingerprint density at radius 1 is 0.958 bits per heavy atom. The van der Waals surface area contributed by atoms with Crippen LogP contribution >= 0.6 is 0 Å². The first kappa shape index (κ1) is 16.5. The number of rotatable bonds is 6. The molecule has 2 atom stereocenters. The Hall–Kier alpha value is -2.39. The summed E-state index contributed by atoms with van der Waals surface area (Å²) in [5.41, 5.74) is 3.06. The Bertz CT molecular complexity index is 820. The Morgan fingerprint density at radius 3 is 2.33 bits per heavy atom. The van der Waals surface area contributed by atoms with Crippen molar-refractivity contribution in [1.82, 2.24) is 4.98 Å². The summed E-state index contributed by atoms with van der Waals surface area (Å²) < 4.78 is 0. The van der Waals surface area contributed by atoms with Crippen LogP contribution in [0.2, 0.25) is 0 Å². The van der Waals surface area contributed by atoms with Crippen molar-refractivity contribution in [3.8, 4) is 0 Å². The lowest BCUT2D eigenvalue weighted by molar-refractivity contribution is -0.718. The fourth-order valence-corrected chi connectivity index (χ4v) is 3.31. The Labute approximate surface area is 143 Å². The standard InChI is InChI=1S/C21H24N2O/c1-14(2)20(16-9-5-4-6-10-16)23-15(3)21(24)18-13-22-19-12-8-7-11-17(18)19/h4-15,20,22-23H,1-3H3/p+1/t15-,20-/m1/s1. The van der Waals surface area contributed by atoms with Gasteiger partial charge in [0, 0.05) is 34.1 Å². The summed E-state index contributed by atoms with van der Waals surface area (Å²) in [6, 6.07) is 18.5. The van der Waals surface area contributed by atoms with Crippen LogP contribution < -0.4 is 5.32 Å². The maximum absolute atomic E-state index is 13.0. The molecule has 3 nitrogen and oxygen atoms in total. The highest BCUT2D eigenvalue weighted by molar-refractivity contribution is 6.09. The van der Waals surface area contributed by atoms with Crippen molar-refractivity contribution in [1.29, 1.82) is 0 Å². The molecule has 0 aliphatic rings. The van der Waals surface area contributed by atoms with Crippen molar-refractivity contribution < 1.29 is 10.1 Å². The van der Waals surface area contributed by atoms with Gasteiger partial charge in [-0.3, -0.25) is 4.79 Å². The number of benzene rings is 2. The van der Waals surface area contributed by atoms with Crippen LogP contribution in [0.1, 0.15) is 42.7 Å². The number of ketones is 1. The average molecular weight is 321 g/mol. The summed E-state index contributed by atoms with van der Waals surface area (Å²) in [6.07, 6.45) is 1.84. The third-order valence-electron chi connectivity index (χ3n) is 4.67. The number of carbonyl (C=O) groups excluding carboxylic acids is 1. The number of nitrogens with one attached hydrogen (secondary N) is 1. The summed E-state index contributed by atoms with van der Waals surface area (Å²) >= 11 is 0. The van der Waals surface area contributed by atoms with Gasteiger partial charge in [0.1, 0.15) is 12.1 Å². The van der Waals surface area contributed by atoms with E-state index in [1.165, 1.54) is 5.56 Å². The predicted octanol–water partition coefficient (Wildman–Crippen LogP) is 3.70. The largest absolute Gasteiger partial charge is 0.360 e. The molecule has 3 heteroatoms. The van der Waals surface area contributed by atoms with Crippen LogP contribution in [0.5, 0.6) is 0 Å². The van der Waals surface area contributed by atoms with Gasteiger partial charge >= 0.3 is 0 Å². The van der Waals surface area contributed by atoms with Crippen molar-refractivity contribution >= 4 is 16.7 Å². The van der Waals surface area contributed by atoms with Crippen molar-refractivity contribution in [2.24, 2.45) is 5.92 Å². The van der Waals surface area contributed by atoms with E-state index in [-0.39, 0.29) is 17.9 Å². The number of carbonyl (C=O) groups is 1. The van der Waals surface area contributed by atoms with Gasteiger partial charge in [0.05, 0.1) is 0 Å². The molecule has 0 spiro atoms. The number of hydrogen-bond acceptors (Lipinski definition) is 1. The molecule has 1 aromatic heterocycles. The number of hydrogen-bond donors (Lipinski definition) is 2. The monoisotopic (exact) mass is 321 g/mol. The van der Waals surface area contributed by atoms with Gasteiger partial charge in [0.25, 0.3) is 0 Å². The summed E-state index contributed by atoms with van der Waals surface area (Å²) in [6.45, 7) is 6.41. The van der Waals surface area contributed by atoms with E-state index in [4.69, 9.17) is 0 Å². The number of aromatic nitrogens is 1. The molecule has 0 fully saturated rings. The molecule has 0 saturated carbocycles. The smallest absolute Gasteiger partial charge is 0.221 e. The lowest BCUT2D eigenvalue weighted by Crippen LogP contribution is -2.92. The van der Waals surface area contributed by atoms with E-state index in [2.05, 4.69) is 48.4 Å². The molecule has 0 radical (unpaired) electrons. The maximum atomic E-state index is 13.0. The topological polar surface area (TPSA) is 49.5 Å². The highest BCUT2D eigenvalue weighted by atomic mass is 16.1. The summed E-state index contributed by atoms with van der Waals surface area (Å²) in [5, 5.41) is 3.20. The molecular weight excluding hydrogens is 296 g/mol. The van der Waals surface area contributed by atoms with E-state index >= 15 is 0 Å². The molecule has 0 amide bonds. The van der Waals surface area contributed by atoms with Crippen LogP contribution in [-0.2, 0) is 0 Å². The van der Waals surface area contributed by atoms with Crippen molar-refractivity contribution in [2.45, 2.75) is 32.9 Å². The fraction of sp³-hybridized carbons (Fsp3) is 0.286. The molecule has 1 heterocycles. The number of fused-ring (bicyclic) bond motifs is 1. The number of Topliss-reactive ketones (excluding diaryl/α,β-unsaturated/α-hetero) is 1. The molecule has 0 bridgehead atoms. The summed E-state index contributed by atoms with van der Waals surface area (Å²) in [5.74, 6) is 0.625. The molecule has 3 rings (SSSR count). The van der Waals surface area contributed by atoms with Crippen molar-refractivity contribution in [3.63, 3.8) is 0 Å². The fourth-order valence-electron chi connectivity index (χ4n) is 3.31. The molecule has 24 heavy (non-hydrogen) atoms. The average Bonchev–Trinajstić information content (AvgIpc) is 3.03. The van der Waals surface area contributed by atoms with Gasteiger partial charge < -0.3 is 10.3 Å². The Balaban J connectivity index is 1.82. The zero-order chi connectivity index (χ0) is 17.1. The zero-order valence-corrected chi connectivity index (χ0v) is 14.5. The van der Waals surface area contributed by atoms with Crippen molar-refractivity contribution in [3.05, 3.63) is 71.9 Å². The molecule has 3 aromatic rings. The third kappa shape index (κ3) is 3.26. The van der Waals surface area contributed by atoms with E-state index in [9.17, 15) is 4.79 Å². The van der Waals surface area contributed by atoms with E-state index in [0.717, 1.165) is 16.5 Å². The van der Waals surface area contributed by atoms with Gasteiger partial charge in [0.2, 0.25) is 5.78 Å². The van der Waals surface area contributed by atoms with Gasteiger partial charge in [-0.15, -0.1) is 0 Å². The van der Waals surface area contributed by atoms with Gasteiger partial charge in [-0.2, -0.15) is 0 Å². The Kier molecular flexibility index (Phi) is 4.81. The van der Waals surface area contributed by atoms with Crippen LogP contribution in [0.3, 0.4) is 0 Å². The second kappa shape index (κ2) is 7.02. The molecule has 0 unspecified atom stereocenters. The van der Waals surface area contributed by atoms with Crippen LogP contribution in [0.4, 0.5) is 0 Å². The highest BCUT2D eigenvalue weighted by Crippen LogP contribution is 2.20. The van der Waals surface area contributed by atoms with Crippen LogP contribution in [0.15, 0.2) is 60.8 Å². The maximum Gasteiger partial charge on any atom is 0.221 e. The molecule has 0 aliphatic heterocycles. The van der Waals surface area contributed by atoms with Gasteiger partial charge in [-0.25, -0.2) is 0 Å². The molecule has 0 aliphatic carbocycles. The lowest BCUT2D eigenvalue weighted by Gasteiger charge is -2.23. The quantitative estimate of drug-likeness (QED) is 0.668. The van der Waals surface area contributed by atoms with Gasteiger partial charge in [0.15, 0.2) is 0 Å². The van der Waals surface area contributed by atoms with Crippen LogP contribution in [0.25, 0.3) is 10.9 Å². The van der Waals surface area contributed by atoms with Gasteiger partial charge in [-0.05, 0) is 13.0 Å². The van der Waals surface area contributed by atoms with E-state index in [1.807, 2.05) is 43.5 Å². The Morgan fingerprint density at radius 2 is 1.62 bits per heavy atom. The number of H-pyrrole nitrogens is 1. The molecule has 0 saturated heterocycles. The van der Waals surface area contributed by atoms with Crippen LogP contribution in [-0.4, -0.2) is 16.8 Å². The minimum Gasteiger partial charge on any atom is -0.360 e. The second-order valence-electron chi connectivity index (χ2n) is 6.77. The first-order valence-corrected chi connectivity index (χ1v) is 8.58. The second-order valence-corrected chi connectivity index (χ2v) is 6.77. The molecule has 124 valence electrons. The number of nitrogens with two attached hydrogens (primary N) is 1. The molecule has 2 aromatic carbocycles. The first-order chi connectivity index (χ1) is 11.6. The van der Waals surface area contributed by atoms with Crippen LogP contribution in [0, 0.1) is 5.92 Å². The minimum atomic E-state index is -0.128. The van der Waals surface area contributed by atoms with E-state index in [1.54, 1.807) is 0 Å². The van der Waals surface area contributed by atoms with Gasteiger partial charge in [-0.1, -0.05) is 62.4 Å².